The normalized spacial score (nSPS) is 16.7. The molecular weight excluding hydrogens is 356 g/mol. The number of rotatable bonds is 4. The molecule has 8 heteroatoms. The Balaban J connectivity index is 1.65. The Morgan fingerprint density at radius 2 is 2.11 bits per heavy atom. The monoisotopic (exact) mass is 378 g/mol. The van der Waals surface area contributed by atoms with Crippen molar-refractivity contribution >= 4 is 5.91 Å². The standard InChI is InChI=1S/C20H22N6O2/c1-12(2)14-10-16(25-24-14)20(28)26-9-5-7-17(26)19-22-15(11-18(27)23-19)13-6-3-4-8-21-13/h3-4,6,8,10-12,17H,5,7,9H2,1-2H3,(H,24,25)(H,22,23,27)/t17-/m1/s1. The number of H-pyrrole nitrogens is 2. The minimum absolute atomic E-state index is 0.156. The molecule has 0 radical (unpaired) electrons. The van der Waals surface area contributed by atoms with Crippen molar-refractivity contribution < 1.29 is 4.79 Å². The van der Waals surface area contributed by atoms with Crippen LogP contribution in [0.15, 0.2) is 41.3 Å². The van der Waals surface area contributed by atoms with Gasteiger partial charge in [0.15, 0.2) is 0 Å². The number of carbonyl (C=O) groups excluding carboxylic acids is 1. The molecule has 0 aromatic carbocycles. The molecule has 3 aromatic heterocycles. The van der Waals surface area contributed by atoms with E-state index in [2.05, 4.69) is 25.1 Å². The van der Waals surface area contributed by atoms with Crippen molar-refractivity contribution in [1.82, 2.24) is 30.0 Å². The first-order valence-electron chi connectivity index (χ1n) is 9.42. The number of aromatic nitrogens is 5. The molecule has 1 aliphatic heterocycles. The van der Waals surface area contributed by atoms with Crippen molar-refractivity contribution in [2.45, 2.75) is 38.6 Å². The topological polar surface area (TPSA) is 108 Å². The molecule has 0 unspecified atom stereocenters. The molecule has 0 saturated carbocycles. The van der Waals surface area contributed by atoms with Crippen LogP contribution < -0.4 is 5.56 Å². The summed E-state index contributed by atoms with van der Waals surface area (Å²) in [6, 6.07) is 8.39. The summed E-state index contributed by atoms with van der Waals surface area (Å²) in [6.45, 7) is 4.68. The molecule has 1 atom stereocenters. The lowest BCUT2D eigenvalue weighted by atomic mass is 10.1. The maximum absolute atomic E-state index is 13.0. The molecule has 8 nitrogen and oxygen atoms in total. The van der Waals surface area contributed by atoms with Gasteiger partial charge < -0.3 is 9.88 Å². The lowest BCUT2D eigenvalue weighted by Crippen LogP contribution is -2.32. The van der Waals surface area contributed by atoms with Crippen molar-refractivity contribution in [1.29, 1.82) is 0 Å². The smallest absolute Gasteiger partial charge is 0.274 e. The predicted octanol–water partition coefficient (Wildman–Crippen LogP) is 2.66. The van der Waals surface area contributed by atoms with Crippen LogP contribution in [0.2, 0.25) is 0 Å². The lowest BCUT2D eigenvalue weighted by Gasteiger charge is -2.23. The highest BCUT2D eigenvalue weighted by Crippen LogP contribution is 2.31. The average Bonchev–Trinajstić information content (AvgIpc) is 3.37. The van der Waals surface area contributed by atoms with Gasteiger partial charge in [0.05, 0.1) is 17.4 Å². The summed E-state index contributed by atoms with van der Waals surface area (Å²) in [5.74, 6) is 0.590. The van der Waals surface area contributed by atoms with Crippen molar-refractivity contribution in [2.24, 2.45) is 0 Å². The number of hydrogen-bond donors (Lipinski definition) is 2. The summed E-state index contributed by atoms with van der Waals surface area (Å²) in [5, 5.41) is 7.10. The van der Waals surface area contributed by atoms with E-state index in [1.165, 1.54) is 6.07 Å². The number of nitrogens with zero attached hydrogens (tertiary/aromatic N) is 4. The number of hydrogen-bond acceptors (Lipinski definition) is 5. The molecular formula is C20H22N6O2. The minimum Gasteiger partial charge on any atom is -0.327 e. The van der Waals surface area contributed by atoms with Crippen molar-refractivity contribution in [3.8, 4) is 11.4 Å². The van der Waals surface area contributed by atoms with Crippen LogP contribution >= 0.6 is 0 Å². The van der Waals surface area contributed by atoms with Gasteiger partial charge in [-0.05, 0) is 37.0 Å². The number of likely N-dealkylation sites (tertiary alicyclic amines) is 1. The highest BCUT2D eigenvalue weighted by Gasteiger charge is 2.33. The van der Waals surface area contributed by atoms with E-state index < -0.39 is 0 Å². The van der Waals surface area contributed by atoms with Crippen molar-refractivity contribution in [2.75, 3.05) is 6.54 Å². The maximum atomic E-state index is 13.0. The summed E-state index contributed by atoms with van der Waals surface area (Å²) < 4.78 is 0. The van der Waals surface area contributed by atoms with Gasteiger partial charge in [-0.3, -0.25) is 19.7 Å². The Hall–Kier alpha value is -3.29. The molecule has 0 aliphatic carbocycles. The second-order valence-corrected chi connectivity index (χ2v) is 7.25. The van der Waals surface area contributed by atoms with Gasteiger partial charge in [0.2, 0.25) is 0 Å². The van der Waals surface area contributed by atoms with E-state index in [-0.39, 0.29) is 23.4 Å². The predicted molar refractivity (Wildman–Crippen MR) is 104 cm³/mol. The first-order valence-corrected chi connectivity index (χ1v) is 9.42. The van der Waals surface area contributed by atoms with Gasteiger partial charge in [-0.25, -0.2) is 4.98 Å². The third-order valence-electron chi connectivity index (χ3n) is 4.96. The van der Waals surface area contributed by atoms with Gasteiger partial charge >= 0.3 is 0 Å². The van der Waals surface area contributed by atoms with E-state index >= 15 is 0 Å². The van der Waals surface area contributed by atoms with Crippen molar-refractivity contribution in [3.63, 3.8) is 0 Å². The third kappa shape index (κ3) is 3.45. The molecule has 28 heavy (non-hydrogen) atoms. The average molecular weight is 378 g/mol. The molecule has 144 valence electrons. The second kappa shape index (κ2) is 7.38. The molecule has 2 N–H and O–H groups in total. The van der Waals surface area contributed by atoms with E-state index in [0.29, 0.717) is 29.5 Å². The van der Waals surface area contributed by atoms with Crippen LogP contribution in [0.4, 0.5) is 0 Å². The first-order chi connectivity index (χ1) is 13.5. The van der Waals surface area contributed by atoms with Crippen LogP contribution in [0.5, 0.6) is 0 Å². The lowest BCUT2D eigenvalue weighted by molar-refractivity contribution is 0.0723. The summed E-state index contributed by atoms with van der Waals surface area (Å²) >= 11 is 0. The van der Waals surface area contributed by atoms with E-state index in [4.69, 9.17) is 0 Å². The number of carbonyl (C=O) groups is 1. The Bertz CT molecular complexity index is 1040. The molecule has 1 fully saturated rings. The van der Waals surface area contributed by atoms with E-state index in [9.17, 15) is 9.59 Å². The van der Waals surface area contributed by atoms with Crippen LogP contribution in [0.25, 0.3) is 11.4 Å². The van der Waals surface area contributed by atoms with E-state index in [1.807, 2.05) is 26.0 Å². The van der Waals surface area contributed by atoms with Crippen LogP contribution in [0.1, 0.15) is 60.7 Å². The van der Waals surface area contributed by atoms with Crippen molar-refractivity contribution in [3.05, 3.63) is 64.1 Å². The zero-order chi connectivity index (χ0) is 19.7. The Morgan fingerprint density at radius 3 is 2.82 bits per heavy atom. The Labute approximate surface area is 162 Å². The summed E-state index contributed by atoms with van der Waals surface area (Å²) in [4.78, 5) is 38.7. The summed E-state index contributed by atoms with van der Waals surface area (Å²) in [7, 11) is 0. The number of nitrogens with one attached hydrogen (secondary N) is 2. The molecule has 0 spiro atoms. The first kappa shape index (κ1) is 18.1. The number of aromatic amines is 2. The quantitative estimate of drug-likeness (QED) is 0.726. The van der Waals surface area contributed by atoms with Gasteiger partial charge in [0.1, 0.15) is 11.5 Å². The SMILES string of the molecule is CC(C)c1cc(C(=O)N2CCC[C@@H]2c2nc(-c3ccccn3)cc(=O)[nH]2)n[nH]1. The fourth-order valence-electron chi connectivity index (χ4n) is 3.46. The third-order valence-corrected chi connectivity index (χ3v) is 4.96. The molecule has 1 amide bonds. The van der Waals surface area contributed by atoms with E-state index in [1.54, 1.807) is 23.2 Å². The second-order valence-electron chi connectivity index (χ2n) is 7.25. The van der Waals surface area contributed by atoms with Crippen LogP contribution in [0.3, 0.4) is 0 Å². The fraction of sp³-hybridized carbons (Fsp3) is 0.350. The number of pyridine rings is 1. The zero-order valence-electron chi connectivity index (χ0n) is 15.8. The number of amides is 1. The fourth-order valence-corrected chi connectivity index (χ4v) is 3.46. The minimum atomic E-state index is -0.289. The molecule has 1 saturated heterocycles. The van der Waals surface area contributed by atoms with Crippen LogP contribution in [-0.4, -0.2) is 42.5 Å². The van der Waals surface area contributed by atoms with Crippen LogP contribution in [-0.2, 0) is 0 Å². The Kier molecular flexibility index (Phi) is 4.77. The maximum Gasteiger partial charge on any atom is 0.274 e. The summed E-state index contributed by atoms with van der Waals surface area (Å²) in [5.41, 5.74) is 2.17. The molecule has 3 aromatic rings. The summed E-state index contributed by atoms with van der Waals surface area (Å²) in [6.07, 6.45) is 3.24. The Morgan fingerprint density at radius 1 is 1.25 bits per heavy atom. The molecule has 0 bridgehead atoms. The molecule has 1 aliphatic rings. The van der Waals surface area contributed by atoms with Gasteiger partial charge in [0, 0.05) is 24.5 Å². The zero-order valence-corrected chi connectivity index (χ0v) is 15.8. The molecule has 4 heterocycles. The highest BCUT2D eigenvalue weighted by atomic mass is 16.2. The highest BCUT2D eigenvalue weighted by molar-refractivity contribution is 5.92. The van der Waals surface area contributed by atoms with Gasteiger partial charge in [0.25, 0.3) is 11.5 Å². The van der Waals surface area contributed by atoms with Gasteiger partial charge in [-0.1, -0.05) is 19.9 Å². The molecule has 4 rings (SSSR count). The van der Waals surface area contributed by atoms with Crippen LogP contribution in [0, 0.1) is 0 Å². The largest absolute Gasteiger partial charge is 0.327 e. The van der Waals surface area contributed by atoms with Gasteiger partial charge in [-0.2, -0.15) is 5.10 Å². The van der Waals surface area contributed by atoms with E-state index in [0.717, 1.165) is 18.5 Å². The van der Waals surface area contributed by atoms with Gasteiger partial charge in [-0.15, -0.1) is 0 Å².